The minimum atomic E-state index is -0.326. The molecule has 158 valence electrons. The number of piperazine rings is 1. The van der Waals surface area contributed by atoms with Gasteiger partial charge in [0.05, 0.1) is 12.8 Å². The van der Waals surface area contributed by atoms with E-state index in [2.05, 4.69) is 22.0 Å². The highest BCUT2D eigenvalue weighted by Gasteiger charge is 2.22. The van der Waals surface area contributed by atoms with Gasteiger partial charge in [0.2, 0.25) is 5.91 Å². The zero-order valence-electron chi connectivity index (χ0n) is 17.5. The van der Waals surface area contributed by atoms with Crippen LogP contribution in [0, 0.1) is 6.92 Å². The van der Waals surface area contributed by atoms with E-state index < -0.39 is 0 Å². The predicted molar refractivity (Wildman–Crippen MR) is 113 cm³/mol. The topological polar surface area (TPSA) is 85.0 Å². The molecule has 0 bridgehead atoms. The third kappa shape index (κ3) is 3.80. The Balaban J connectivity index is 1.60. The summed E-state index contributed by atoms with van der Waals surface area (Å²) in [6.45, 7) is 7.88. The molecular formula is C21H26N6O3. The van der Waals surface area contributed by atoms with Crippen molar-refractivity contribution >= 4 is 11.4 Å². The number of likely N-dealkylation sites (N-methyl/N-ethyl adjacent to an activating group) is 1. The Morgan fingerprint density at radius 2 is 1.80 bits per heavy atom. The lowest BCUT2D eigenvalue weighted by Crippen LogP contribution is -2.50. The summed E-state index contributed by atoms with van der Waals surface area (Å²) >= 11 is 0. The van der Waals surface area contributed by atoms with Crippen molar-refractivity contribution in [3.8, 4) is 17.0 Å². The lowest BCUT2D eigenvalue weighted by molar-refractivity contribution is -0.133. The summed E-state index contributed by atoms with van der Waals surface area (Å²) in [6, 6.07) is 9.21. The second-order valence-corrected chi connectivity index (χ2v) is 7.38. The first-order valence-corrected chi connectivity index (χ1v) is 10.1. The molecular weight excluding hydrogens is 384 g/mol. The number of hydrogen-bond donors (Lipinski definition) is 0. The van der Waals surface area contributed by atoms with Crippen LogP contribution in [0.3, 0.4) is 0 Å². The summed E-state index contributed by atoms with van der Waals surface area (Å²) in [6.07, 6.45) is 0. The lowest BCUT2D eigenvalue weighted by atomic mass is 10.1. The van der Waals surface area contributed by atoms with Gasteiger partial charge >= 0.3 is 0 Å². The summed E-state index contributed by atoms with van der Waals surface area (Å²) < 4.78 is 7.97. The van der Waals surface area contributed by atoms with Crippen molar-refractivity contribution in [2.75, 3.05) is 39.8 Å². The molecule has 0 spiro atoms. The van der Waals surface area contributed by atoms with Crippen molar-refractivity contribution in [2.24, 2.45) is 0 Å². The van der Waals surface area contributed by atoms with Crippen LogP contribution >= 0.6 is 0 Å². The van der Waals surface area contributed by atoms with E-state index in [0.717, 1.165) is 30.9 Å². The first-order chi connectivity index (χ1) is 14.5. The van der Waals surface area contributed by atoms with Crippen molar-refractivity contribution in [1.29, 1.82) is 0 Å². The Labute approximate surface area is 174 Å². The zero-order valence-corrected chi connectivity index (χ0v) is 17.5. The third-order valence-corrected chi connectivity index (χ3v) is 5.58. The Bertz CT molecular complexity index is 1110. The fourth-order valence-corrected chi connectivity index (χ4v) is 3.73. The van der Waals surface area contributed by atoms with Gasteiger partial charge in [0.25, 0.3) is 5.56 Å². The number of hydrogen-bond acceptors (Lipinski definition) is 6. The maximum absolute atomic E-state index is 13.0. The maximum Gasteiger partial charge on any atom is 0.293 e. The monoisotopic (exact) mass is 410 g/mol. The SMILES string of the molecule is CCN1CCN(C(=O)Cn2nc(C)n3nc(-c4ccc(OC)cc4)cc3c2=O)CC1. The van der Waals surface area contributed by atoms with Gasteiger partial charge in [-0.25, -0.2) is 9.20 Å². The number of carbonyl (C=O) groups is 1. The molecule has 2 aromatic heterocycles. The molecule has 9 nitrogen and oxygen atoms in total. The van der Waals surface area contributed by atoms with Gasteiger partial charge in [-0.1, -0.05) is 6.92 Å². The Hall–Kier alpha value is -3.20. The van der Waals surface area contributed by atoms with Crippen molar-refractivity contribution in [3.05, 3.63) is 46.5 Å². The minimum Gasteiger partial charge on any atom is -0.497 e. The van der Waals surface area contributed by atoms with E-state index in [4.69, 9.17) is 4.74 Å². The van der Waals surface area contributed by atoms with Gasteiger partial charge in [-0.15, -0.1) is 0 Å². The number of benzene rings is 1. The second-order valence-electron chi connectivity index (χ2n) is 7.38. The van der Waals surface area contributed by atoms with Gasteiger partial charge < -0.3 is 14.5 Å². The molecule has 1 aliphatic heterocycles. The number of fused-ring (bicyclic) bond motifs is 1. The lowest BCUT2D eigenvalue weighted by Gasteiger charge is -2.34. The highest BCUT2D eigenvalue weighted by atomic mass is 16.5. The van der Waals surface area contributed by atoms with Crippen LogP contribution in [0.25, 0.3) is 16.8 Å². The number of nitrogens with zero attached hydrogens (tertiary/aromatic N) is 6. The highest BCUT2D eigenvalue weighted by Crippen LogP contribution is 2.22. The largest absolute Gasteiger partial charge is 0.497 e. The summed E-state index contributed by atoms with van der Waals surface area (Å²) in [5.74, 6) is 1.22. The van der Waals surface area contributed by atoms with Gasteiger partial charge in [0, 0.05) is 31.7 Å². The molecule has 3 heterocycles. The quantitative estimate of drug-likeness (QED) is 0.625. The molecule has 4 rings (SSSR count). The van der Waals surface area contributed by atoms with Crippen molar-refractivity contribution in [2.45, 2.75) is 20.4 Å². The zero-order chi connectivity index (χ0) is 21.3. The van der Waals surface area contributed by atoms with Crippen LogP contribution < -0.4 is 10.3 Å². The molecule has 30 heavy (non-hydrogen) atoms. The summed E-state index contributed by atoms with van der Waals surface area (Å²) in [5, 5.41) is 8.85. The molecule has 0 unspecified atom stereocenters. The Morgan fingerprint density at radius 1 is 1.10 bits per heavy atom. The van der Waals surface area contributed by atoms with Crippen LogP contribution in [0.15, 0.2) is 35.1 Å². The van der Waals surface area contributed by atoms with Crippen molar-refractivity contribution in [3.63, 3.8) is 0 Å². The molecule has 0 atom stereocenters. The van der Waals surface area contributed by atoms with Gasteiger partial charge in [-0.05, 0) is 43.8 Å². The number of methoxy groups -OCH3 is 1. The number of ether oxygens (including phenoxy) is 1. The second kappa shape index (κ2) is 8.27. The first-order valence-electron chi connectivity index (χ1n) is 10.1. The average Bonchev–Trinajstić information content (AvgIpc) is 3.24. The van der Waals surface area contributed by atoms with E-state index in [1.165, 1.54) is 9.20 Å². The number of amides is 1. The van der Waals surface area contributed by atoms with E-state index >= 15 is 0 Å². The minimum absolute atomic E-state index is 0.0641. The molecule has 1 aliphatic rings. The van der Waals surface area contributed by atoms with Crippen molar-refractivity contribution < 1.29 is 9.53 Å². The molecule has 1 amide bonds. The number of carbonyl (C=O) groups excluding carboxylic acids is 1. The van der Waals surface area contributed by atoms with Crippen LogP contribution in [-0.4, -0.2) is 74.9 Å². The summed E-state index contributed by atoms with van der Waals surface area (Å²) in [7, 11) is 1.61. The summed E-state index contributed by atoms with van der Waals surface area (Å²) in [5.41, 5.74) is 1.61. The van der Waals surface area contributed by atoms with E-state index in [1.54, 1.807) is 25.0 Å². The van der Waals surface area contributed by atoms with Gasteiger partial charge in [-0.3, -0.25) is 9.59 Å². The molecule has 1 aromatic carbocycles. The van der Waals surface area contributed by atoms with Crippen LogP contribution in [0.1, 0.15) is 12.7 Å². The van der Waals surface area contributed by atoms with E-state index in [1.807, 2.05) is 24.3 Å². The molecule has 3 aromatic rings. The molecule has 1 fully saturated rings. The molecule has 0 N–H and O–H groups in total. The van der Waals surface area contributed by atoms with E-state index in [-0.39, 0.29) is 18.0 Å². The number of aromatic nitrogens is 4. The predicted octanol–water partition coefficient (Wildman–Crippen LogP) is 1.04. The first kappa shape index (κ1) is 20.1. The fraction of sp³-hybridized carbons (Fsp3) is 0.429. The van der Waals surface area contributed by atoms with Crippen LogP contribution in [-0.2, 0) is 11.3 Å². The Kier molecular flexibility index (Phi) is 5.54. The van der Waals surface area contributed by atoms with Gasteiger partial charge in [-0.2, -0.15) is 10.2 Å². The number of aryl methyl sites for hydroxylation is 1. The van der Waals surface area contributed by atoms with E-state index in [0.29, 0.717) is 30.1 Å². The smallest absolute Gasteiger partial charge is 0.293 e. The number of rotatable bonds is 5. The van der Waals surface area contributed by atoms with Gasteiger partial charge in [0.15, 0.2) is 0 Å². The third-order valence-electron chi connectivity index (χ3n) is 5.58. The van der Waals surface area contributed by atoms with Crippen LogP contribution in [0.2, 0.25) is 0 Å². The van der Waals surface area contributed by atoms with Crippen LogP contribution in [0.5, 0.6) is 5.75 Å². The normalized spacial score (nSPS) is 15.0. The van der Waals surface area contributed by atoms with Gasteiger partial charge in [0.1, 0.15) is 23.6 Å². The molecule has 1 saturated heterocycles. The summed E-state index contributed by atoms with van der Waals surface area (Å²) in [4.78, 5) is 29.8. The highest BCUT2D eigenvalue weighted by molar-refractivity contribution is 5.76. The maximum atomic E-state index is 13.0. The molecule has 0 radical (unpaired) electrons. The molecule has 0 aliphatic carbocycles. The average molecular weight is 410 g/mol. The molecule has 9 heteroatoms. The Morgan fingerprint density at radius 3 is 2.43 bits per heavy atom. The van der Waals surface area contributed by atoms with Crippen molar-refractivity contribution in [1.82, 2.24) is 29.2 Å². The van der Waals surface area contributed by atoms with Crippen LogP contribution in [0.4, 0.5) is 0 Å². The fourth-order valence-electron chi connectivity index (χ4n) is 3.73. The standard InChI is InChI=1S/C21H26N6O3/c1-4-24-9-11-25(12-10-24)20(28)14-26-21(29)19-13-18(23-27(19)15(2)22-26)16-5-7-17(30-3)8-6-16/h5-8,13H,4,9-12,14H2,1-3H3. The van der Waals surface area contributed by atoms with E-state index in [9.17, 15) is 9.59 Å². The molecule has 0 saturated carbocycles.